The van der Waals surface area contributed by atoms with Crippen LogP contribution in [0.3, 0.4) is 0 Å². The Hall–Kier alpha value is -2.16. The molecule has 0 fully saturated rings. The summed E-state index contributed by atoms with van der Waals surface area (Å²) in [5.41, 5.74) is 3.79. The number of aryl methyl sites for hydroxylation is 3. The average Bonchev–Trinajstić information content (AvgIpc) is 3.12. The van der Waals surface area contributed by atoms with Gasteiger partial charge in [0, 0.05) is 18.6 Å². The van der Waals surface area contributed by atoms with Crippen LogP contribution >= 0.6 is 0 Å². The monoisotopic (exact) mass is 366 g/mol. The van der Waals surface area contributed by atoms with Crippen molar-refractivity contribution in [1.82, 2.24) is 0 Å². The second kappa shape index (κ2) is 10.2. The van der Waals surface area contributed by atoms with E-state index < -0.39 is 0 Å². The molecule has 1 heterocycles. The molecule has 0 bridgehead atoms. The van der Waals surface area contributed by atoms with E-state index in [2.05, 4.69) is 48.1 Å². The highest BCUT2D eigenvalue weighted by atomic mass is 16.5. The lowest BCUT2D eigenvalue weighted by atomic mass is 10.0. The lowest BCUT2D eigenvalue weighted by Crippen LogP contribution is -2.32. The fraction of sp³-hybridized carbons (Fsp3) is 0.500. The number of hydrogen-bond acceptors (Lipinski definition) is 2. The molecule has 0 aliphatic heterocycles. The van der Waals surface area contributed by atoms with Crippen molar-refractivity contribution in [3.8, 4) is 0 Å². The van der Waals surface area contributed by atoms with Gasteiger partial charge in [-0.1, -0.05) is 43.5 Å². The van der Waals surface area contributed by atoms with E-state index in [9.17, 15) is 4.79 Å². The number of esters is 1. The van der Waals surface area contributed by atoms with Crippen LogP contribution in [0.25, 0.3) is 0 Å². The summed E-state index contributed by atoms with van der Waals surface area (Å²) in [6.45, 7) is 3.78. The van der Waals surface area contributed by atoms with Crippen LogP contribution in [-0.4, -0.2) is 12.6 Å². The van der Waals surface area contributed by atoms with Crippen LogP contribution in [0, 0.1) is 6.92 Å². The number of benzene rings is 1. The van der Waals surface area contributed by atoms with Gasteiger partial charge in [-0.2, -0.15) is 0 Å². The number of carbonyl (C=O) groups excluding carboxylic acids is 1. The Morgan fingerprint density at radius 1 is 1.00 bits per heavy atom. The first-order chi connectivity index (χ1) is 13.2. The van der Waals surface area contributed by atoms with Crippen LogP contribution in [0.1, 0.15) is 67.6 Å². The van der Waals surface area contributed by atoms with Gasteiger partial charge in [0.15, 0.2) is 12.4 Å². The SMILES string of the molecule is Cc1cc[n+](CCCCCCCCOC(=O)[C@@H]2CCc3ccccc32)cc1. The van der Waals surface area contributed by atoms with Gasteiger partial charge in [-0.05, 0) is 49.3 Å². The van der Waals surface area contributed by atoms with Gasteiger partial charge in [-0.15, -0.1) is 0 Å². The zero-order valence-electron chi connectivity index (χ0n) is 16.5. The number of unbranched alkanes of at least 4 members (excludes halogenated alkanes) is 5. The first-order valence-electron chi connectivity index (χ1n) is 10.4. The topological polar surface area (TPSA) is 30.2 Å². The third-order valence-corrected chi connectivity index (χ3v) is 5.53. The van der Waals surface area contributed by atoms with E-state index in [4.69, 9.17) is 4.74 Å². The van der Waals surface area contributed by atoms with Crippen molar-refractivity contribution in [3.63, 3.8) is 0 Å². The summed E-state index contributed by atoms with van der Waals surface area (Å²) in [6.07, 6.45) is 13.3. The second-order valence-electron chi connectivity index (χ2n) is 7.69. The van der Waals surface area contributed by atoms with E-state index >= 15 is 0 Å². The highest BCUT2D eigenvalue weighted by Crippen LogP contribution is 2.33. The Bertz CT molecular complexity index is 723. The fourth-order valence-electron chi connectivity index (χ4n) is 3.86. The van der Waals surface area contributed by atoms with Crippen LogP contribution in [-0.2, 0) is 22.5 Å². The summed E-state index contributed by atoms with van der Waals surface area (Å²) in [4.78, 5) is 12.3. The van der Waals surface area contributed by atoms with E-state index in [-0.39, 0.29) is 11.9 Å². The van der Waals surface area contributed by atoms with Crippen LogP contribution in [0.2, 0.25) is 0 Å². The Balaban J connectivity index is 1.21. The summed E-state index contributed by atoms with van der Waals surface area (Å²) >= 11 is 0. The zero-order chi connectivity index (χ0) is 18.9. The van der Waals surface area contributed by atoms with Gasteiger partial charge in [-0.25, -0.2) is 4.57 Å². The summed E-state index contributed by atoms with van der Waals surface area (Å²) in [7, 11) is 0. The molecule has 3 rings (SSSR count). The van der Waals surface area contributed by atoms with E-state index in [0.717, 1.165) is 32.2 Å². The number of nitrogens with zero attached hydrogens (tertiary/aromatic N) is 1. The molecule has 0 spiro atoms. The van der Waals surface area contributed by atoms with Crippen molar-refractivity contribution < 1.29 is 14.1 Å². The number of rotatable bonds is 10. The molecule has 2 aromatic rings. The number of ether oxygens (including phenoxy) is 1. The molecular formula is C24H32NO2+. The third kappa shape index (κ3) is 5.92. The maximum absolute atomic E-state index is 12.3. The largest absolute Gasteiger partial charge is 0.465 e. The van der Waals surface area contributed by atoms with Gasteiger partial charge < -0.3 is 4.74 Å². The van der Waals surface area contributed by atoms with Crippen molar-refractivity contribution in [2.45, 2.75) is 70.8 Å². The standard InChI is InChI=1S/C24H32NO2/c1-20-14-17-25(18-15-20)16-8-4-2-3-5-9-19-27-24(26)23-13-12-21-10-6-7-11-22(21)23/h6-7,10-11,14-15,17-18,23H,2-5,8-9,12-13,16,19H2,1H3/q+1/t23-/m1/s1. The van der Waals surface area contributed by atoms with Crippen LogP contribution < -0.4 is 4.57 Å². The number of carbonyl (C=O) groups is 1. The second-order valence-corrected chi connectivity index (χ2v) is 7.69. The predicted octanol–water partition coefficient (Wildman–Crippen LogP) is 4.90. The molecule has 1 aromatic heterocycles. The maximum atomic E-state index is 12.3. The molecule has 27 heavy (non-hydrogen) atoms. The summed E-state index contributed by atoms with van der Waals surface area (Å²) in [6, 6.07) is 12.6. The fourth-order valence-corrected chi connectivity index (χ4v) is 3.86. The summed E-state index contributed by atoms with van der Waals surface area (Å²) in [5, 5.41) is 0. The van der Waals surface area contributed by atoms with Gasteiger partial charge in [0.05, 0.1) is 12.5 Å². The molecule has 3 heteroatoms. The number of hydrogen-bond donors (Lipinski definition) is 0. The normalized spacial score (nSPS) is 15.5. The molecule has 0 unspecified atom stereocenters. The summed E-state index contributed by atoms with van der Waals surface area (Å²) < 4.78 is 7.79. The molecule has 0 saturated carbocycles. The van der Waals surface area contributed by atoms with E-state index in [1.165, 1.54) is 42.4 Å². The van der Waals surface area contributed by atoms with Gasteiger partial charge in [0.2, 0.25) is 0 Å². The van der Waals surface area contributed by atoms with Crippen molar-refractivity contribution in [2.75, 3.05) is 6.61 Å². The lowest BCUT2D eigenvalue weighted by Gasteiger charge is -2.11. The first-order valence-corrected chi connectivity index (χ1v) is 10.4. The number of fused-ring (bicyclic) bond motifs is 1. The molecule has 3 nitrogen and oxygen atoms in total. The molecule has 0 saturated heterocycles. The van der Waals surface area contributed by atoms with Crippen LogP contribution in [0.15, 0.2) is 48.8 Å². The minimum absolute atomic E-state index is 0.0323. The van der Waals surface area contributed by atoms with Gasteiger partial charge in [0.1, 0.15) is 6.54 Å². The highest BCUT2D eigenvalue weighted by molar-refractivity contribution is 5.79. The molecule has 0 amide bonds. The number of aromatic nitrogens is 1. The minimum Gasteiger partial charge on any atom is -0.465 e. The van der Waals surface area contributed by atoms with Crippen LogP contribution in [0.5, 0.6) is 0 Å². The number of pyridine rings is 1. The minimum atomic E-state index is -0.0412. The van der Waals surface area contributed by atoms with Crippen molar-refractivity contribution >= 4 is 5.97 Å². The highest BCUT2D eigenvalue weighted by Gasteiger charge is 2.29. The van der Waals surface area contributed by atoms with Gasteiger partial charge in [-0.3, -0.25) is 4.79 Å². The van der Waals surface area contributed by atoms with Crippen molar-refractivity contribution in [1.29, 1.82) is 0 Å². The predicted molar refractivity (Wildman–Crippen MR) is 108 cm³/mol. The zero-order valence-corrected chi connectivity index (χ0v) is 16.5. The molecule has 1 aliphatic rings. The average molecular weight is 367 g/mol. The Morgan fingerprint density at radius 3 is 2.52 bits per heavy atom. The van der Waals surface area contributed by atoms with E-state index in [1.54, 1.807) is 0 Å². The lowest BCUT2D eigenvalue weighted by molar-refractivity contribution is -0.697. The molecule has 0 radical (unpaired) electrons. The quantitative estimate of drug-likeness (QED) is 0.340. The molecule has 144 valence electrons. The summed E-state index contributed by atoms with van der Waals surface area (Å²) in [5.74, 6) is -0.0736. The molecule has 1 aliphatic carbocycles. The Labute approximate surface area is 163 Å². The third-order valence-electron chi connectivity index (χ3n) is 5.53. The van der Waals surface area contributed by atoms with Gasteiger partial charge in [0.25, 0.3) is 0 Å². The smallest absolute Gasteiger partial charge is 0.313 e. The van der Waals surface area contributed by atoms with Gasteiger partial charge >= 0.3 is 5.97 Å². The molecule has 0 N–H and O–H groups in total. The van der Waals surface area contributed by atoms with E-state index in [1.807, 2.05) is 12.1 Å². The Morgan fingerprint density at radius 2 is 1.70 bits per heavy atom. The molecular weight excluding hydrogens is 334 g/mol. The van der Waals surface area contributed by atoms with Crippen molar-refractivity contribution in [3.05, 3.63) is 65.5 Å². The van der Waals surface area contributed by atoms with E-state index in [0.29, 0.717) is 6.61 Å². The van der Waals surface area contributed by atoms with Crippen molar-refractivity contribution in [2.24, 2.45) is 0 Å². The first kappa shape index (κ1) is 19.6. The molecule has 1 aromatic carbocycles. The maximum Gasteiger partial charge on any atom is 0.313 e. The van der Waals surface area contributed by atoms with Crippen LogP contribution in [0.4, 0.5) is 0 Å². The molecule has 1 atom stereocenters. The Kier molecular flexibility index (Phi) is 7.44.